The molecule has 9 heteroatoms. The Balaban J connectivity index is 1.73. The van der Waals surface area contributed by atoms with E-state index in [1.54, 1.807) is 24.1 Å². The smallest absolute Gasteiger partial charge is 0.296 e. The first kappa shape index (κ1) is 21.7. The van der Waals surface area contributed by atoms with E-state index < -0.39 is 24.4 Å². The molecular weight excluding hydrogens is 421 g/mol. The van der Waals surface area contributed by atoms with Gasteiger partial charge < -0.3 is 19.7 Å². The Bertz CT molecular complexity index is 1200. The van der Waals surface area contributed by atoms with Gasteiger partial charge in [-0.25, -0.2) is 23.1 Å². The van der Waals surface area contributed by atoms with Crippen LogP contribution in [0, 0.1) is 18.2 Å². The van der Waals surface area contributed by atoms with Crippen molar-refractivity contribution in [2.24, 2.45) is 0 Å². The largest absolute Gasteiger partial charge is 0.493 e. The van der Waals surface area contributed by atoms with Crippen molar-refractivity contribution >= 4 is 22.4 Å². The maximum Gasteiger partial charge on any atom is 0.296 e. The molecule has 32 heavy (non-hydrogen) atoms. The van der Waals surface area contributed by atoms with Crippen LogP contribution in [-0.4, -0.2) is 54.1 Å². The Morgan fingerprint density at radius 2 is 2.06 bits per heavy atom. The van der Waals surface area contributed by atoms with Crippen LogP contribution in [0.1, 0.15) is 12.0 Å². The van der Waals surface area contributed by atoms with Gasteiger partial charge in [-0.15, -0.1) is 6.42 Å². The Morgan fingerprint density at radius 3 is 2.78 bits per heavy atom. The second kappa shape index (κ2) is 8.55. The standard InChI is InChI=1S/C23H21F3N4O2/c1-4-14-6-5-7-16(21(14)24)29-22-15-10-19(18(31-3)11-17(15)27-13-28-22)32-20-8-9-30(2)12-23(20,25)26/h1,5-7,10-11,13,20H,8-9,12H2,2-3H3,(H,27,28,29). The number of methoxy groups -OCH3 is 1. The van der Waals surface area contributed by atoms with Gasteiger partial charge in [-0.05, 0) is 25.2 Å². The molecule has 0 spiro atoms. The van der Waals surface area contributed by atoms with Gasteiger partial charge in [0.25, 0.3) is 5.92 Å². The lowest BCUT2D eigenvalue weighted by molar-refractivity contribution is -0.135. The molecule has 1 aliphatic rings. The van der Waals surface area contributed by atoms with E-state index in [4.69, 9.17) is 15.9 Å². The summed E-state index contributed by atoms with van der Waals surface area (Å²) in [5, 5.41) is 3.36. The minimum Gasteiger partial charge on any atom is -0.493 e. The summed E-state index contributed by atoms with van der Waals surface area (Å²) in [5.41, 5.74) is 0.694. The monoisotopic (exact) mass is 442 g/mol. The maximum absolute atomic E-state index is 14.6. The van der Waals surface area contributed by atoms with Gasteiger partial charge in [-0.3, -0.25) is 0 Å². The predicted octanol–water partition coefficient (Wildman–Crippen LogP) is 4.22. The van der Waals surface area contributed by atoms with Gasteiger partial charge in [0.1, 0.15) is 12.1 Å². The summed E-state index contributed by atoms with van der Waals surface area (Å²) in [5.74, 6) is -0.687. The van der Waals surface area contributed by atoms with Crippen molar-refractivity contribution < 1.29 is 22.6 Å². The van der Waals surface area contributed by atoms with Crippen molar-refractivity contribution in [3.63, 3.8) is 0 Å². The third-order valence-corrected chi connectivity index (χ3v) is 5.32. The number of fused-ring (bicyclic) bond motifs is 1. The first-order chi connectivity index (χ1) is 15.3. The SMILES string of the molecule is C#Cc1cccc(Nc2ncnc3cc(OC)c(OC4CCN(C)CC4(F)F)cc23)c1F. The van der Waals surface area contributed by atoms with Crippen LogP contribution < -0.4 is 14.8 Å². The lowest BCUT2D eigenvalue weighted by Crippen LogP contribution is -2.52. The van der Waals surface area contributed by atoms with Crippen molar-refractivity contribution in [2.45, 2.75) is 18.4 Å². The predicted molar refractivity (Wildman–Crippen MR) is 115 cm³/mol. The Kier molecular flexibility index (Phi) is 5.80. The van der Waals surface area contributed by atoms with Crippen LogP contribution in [0.2, 0.25) is 0 Å². The Hall–Kier alpha value is -3.51. The lowest BCUT2D eigenvalue weighted by Gasteiger charge is -2.36. The van der Waals surface area contributed by atoms with Gasteiger partial charge in [0.15, 0.2) is 23.4 Å². The molecule has 1 aliphatic heterocycles. The summed E-state index contributed by atoms with van der Waals surface area (Å²) in [7, 11) is 3.06. The summed E-state index contributed by atoms with van der Waals surface area (Å²) >= 11 is 0. The molecule has 0 aliphatic carbocycles. The molecule has 2 aromatic carbocycles. The summed E-state index contributed by atoms with van der Waals surface area (Å²) in [6.45, 7) is 0.0884. The highest BCUT2D eigenvalue weighted by Crippen LogP contribution is 2.38. The number of nitrogens with zero attached hydrogens (tertiary/aromatic N) is 3. The molecule has 0 amide bonds. The van der Waals surface area contributed by atoms with Crippen LogP contribution in [0.25, 0.3) is 10.9 Å². The first-order valence-electron chi connectivity index (χ1n) is 9.90. The maximum atomic E-state index is 14.6. The number of alkyl halides is 2. The number of hydrogen-bond acceptors (Lipinski definition) is 6. The highest BCUT2D eigenvalue weighted by Gasteiger charge is 2.45. The van der Waals surface area contributed by atoms with E-state index in [0.29, 0.717) is 17.4 Å². The number of piperidine rings is 1. The van der Waals surface area contributed by atoms with Crippen molar-refractivity contribution in [3.05, 3.63) is 48.0 Å². The summed E-state index contributed by atoms with van der Waals surface area (Å²) in [4.78, 5) is 9.96. The number of anilines is 2. The number of likely N-dealkylation sites (tertiary alicyclic amines) is 1. The van der Waals surface area contributed by atoms with Crippen LogP contribution in [0.5, 0.6) is 11.5 Å². The van der Waals surface area contributed by atoms with Gasteiger partial charge in [-0.2, -0.15) is 0 Å². The van der Waals surface area contributed by atoms with Crippen molar-refractivity contribution in [1.29, 1.82) is 0 Å². The normalized spacial score (nSPS) is 18.2. The average Bonchev–Trinajstić information content (AvgIpc) is 2.76. The number of aromatic nitrogens is 2. The number of halogens is 3. The van der Waals surface area contributed by atoms with E-state index in [-0.39, 0.29) is 35.0 Å². The molecular formula is C23H21F3N4O2. The number of rotatable bonds is 5. The van der Waals surface area contributed by atoms with E-state index in [2.05, 4.69) is 21.2 Å². The summed E-state index contributed by atoms with van der Waals surface area (Å²) in [6, 6.07) is 7.71. The average molecular weight is 442 g/mol. The number of nitrogens with one attached hydrogen (secondary N) is 1. The number of ether oxygens (including phenoxy) is 2. The number of benzene rings is 2. The second-order valence-electron chi connectivity index (χ2n) is 7.57. The van der Waals surface area contributed by atoms with Gasteiger partial charge in [0.2, 0.25) is 0 Å². The van der Waals surface area contributed by atoms with Crippen molar-refractivity contribution in [3.8, 4) is 23.8 Å². The third kappa shape index (κ3) is 4.14. The highest BCUT2D eigenvalue weighted by molar-refractivity contribution is 5.93. The van der Waals surface area contributed by atoms with E-state index >= 15 is 0 Å². The first-order valence-corrected chi connectivity index (χ1v) is 9.90. The van der Waals surface area contributed by atoms with Crippen molar-refractivity contribution in [1.82, 2.24) is 14.9 Å². The van der Waals surface area contributed by atoms with Gasteiger partial charge in [-0.1, -0.05) is 12.0 Å². The van der Waals surface area contributed by atoms with Crippen molar-refractivity contribution in [2.75, 3.05) is 32.6 Å². The van der Waals surface area contributed by atoms with Gasteiger partial charge >= 0.3 is 0 Å². The van der Waals surface area contributed by atoms with Gasteiger partial charge in [0.05, 0.1) is 30.4 Å². The molecule has 1 N–H and O–H groups in total. The summed E-state index contributed by atoms with van der Waals surface area (Å²) in [6.07, 6.45) is 5.49. The second-order valence-corrected chi connectivity index (χ2v) is 7.57. The Morgan fingerprint density at radius 1 is 1.25 bits per heavy atom. The van der Waals surface area contributed by atoms with E-state index in [1.807, 2.05) is 0 Å². The van der Waals surface area contributed by atoms with E-state index in [9.17, 15) is 13.2 Å². The molecule has 3 aromatic rings. The minimum absolute atomic E-state index is 0.101. The molecule has 1 fully saturated rings. The quantitative estimate of drug-likeness (QED) is 0.597. The minimum atomic E-state index is -3.03. The summed E-state index contributed by atoms with van der Waals surface area (Å²) < 4.78 is 54.7. The van der Waals surface area contributed by atoms with Crippen LogP contribution in [0.4, 0.5) is 24.7 Å². The highest BCUT2D eigenvalue weighted by atomic mass is 19.3. The molecule has 0 radical (unpaired) electrons. The molecule has 6 nitrogen and oxygen atoms in total. The van der Waals surface area contributed by atoms with Gasteiger partial charge in [0, 0.05) is 24.4 Å². The topological polar surface area (TPSA) is 59.5 Å². The van der Waals surface area contributed by atoms with Crippen LogP contribution in [0.15, 0.2) is 36.7 Å². The fourth-order valence-corrected chi connectivity index (χ4v) is 3.67. The fourth-order valence-electron chi connectivity index (χ4n) is 3.67. The molecule has 1 unspecified atom stereocenters. The Labute approximate surface area is 183 Å². The number of terminal acetylenes is 1. The molecule has 1 saturated heterocycles. The third-order valence-electron chi connectivity index (χ3n) is 5.32. The van der Waals surface area contributed by atoms with E-state index in [1.165, 1.54) is 31.6 Å². The number of hydrogen-bond donors (Lipinski definition) is 1. The lowest BCUT2D eigenvalue weighted by atomic mass is 10.0. The molecule has 0 saturated carbocycles. The molecule has 1 aromatic heterocycles. The fraction of sp³-hybridized carbons (Fsp3) is 0.304. The molecule has 166 valence electrons. The molecule has 0 bridgehead atoms. The molecule has 4 rings (SSSR count). The molecule has 1 atom stereocenters. The molecule has 2 heterocycles. The van der Waals surface area contributed by atoms with Crippen LogP contribution in [0.3, 0.4) is 0 Å². The zero-order chi connectivity index (χ0) is 22.9. The van der Waals surface area contributed by atoms with E-state index in [0.717, 1.165) is 0 Å². The van der Waals surface area contributed by atoms with Crippen LogP contribution in [-0.2, 0) is 0 Å². The zero-order valence-electron chi connectivity index (χ0n) is 17.5. The zero-order valence-corrected chi connectivity index (χ0v) is 17.5. The van der Waals surface area contributed by atoms with Crippen LogP contribution >= 0.6 is 0 Å².